The Labute approximate surface area is 161 Å². The SMILES string of the molecule is CCCCCCCCCC(=O)Nc1ccc(C(=O)Nc2ccccn2)cc1. The number of benzene rings is 1. The van der Waals surface area contributed by atoms with Crippen LogP contribution < -0.4 is 10.6 Å². The molecule has 2 amide bonds. The summed E-state index contributed by atoms with van der Waals surface area (Å²) in [6, 6.07) is 12.2. The zero-order valence-corrected chi connectivity index (χ0v) is 16.0. The van der Waals surface area contributed by atoms with E-state index in [1.165, 1.54) is 32.1 Å². The number of unbranched alkanes of at least 4 members (excludes halogenated alkanes) is 6. The summed E-state index contributed by atoms with van der Waals surface area (Å²) in [6.45, 7) is 2.21. The van der Waals surface area contributed by atoms with Gasteiger partial charge in [0.25, 0.3) is 5.91 Å². The monoisotopic (exact) mass is 367 g/mol. The fraction of sp³-hybridized carbons (Fsp3) is 0.409. The van der Waals surface area contributed by atoms with E-state index in [0.29, 0.717) is 23.5 Å². The highest BCUT2D eigenvalue weighted by Gasteiger charge is 2.07. The Morgan fingerprint density at radius 2 is 1.56 bits per heavy atom. The molecule has 0 spiro atoms. The number of nitrogens with one attached hydrogen (secondary N) is 2. The van der Waals surface area contributed by atoms with E-state index in [2.05, 4.69) is 22.5 Å². The van der Waals surface area contributed by atoms with Crippen LogP contribution in [-0.4, -0.2) is 16.8 Å². The molecule has 0 saturated carbocycles. The molecule has 144 valence electrons. The number of pyridine rings is 1. The Morgan fingerprint density at radius 1 is 0.852 bits per heavy atom. The number of nitrogens with zero attached hydrogens (tertiary/aromatic N) is 1. The van der Waals surface area contributed by atoms with Crippen molar-refractivity contribution < 1.29 is 9.59 Å². The second-order valence-corrected chi connectivity index (χ2v) is 6.67. The van der Waals surface area contributed by atoms with Crippen LogP contribution in [0.15, 0.2) is 48.7 Å². The average Bonchev–Trinajstić information content (AvgIpc) is 2.68. The number of aromatic nitrogens is 1. The Kier molecular flexibility index (Phi) is 9.04. The smallest absolute Gasteiger partial charge is 0.256 e. The molecule has 2 aromatic rings. The third kappa shape index (κ3) is 8.03. The molecule has 0 unspecified atom stereocenters. The molecule has 0 fully saturated rings. The van der Waals surface area contributed by atoms with Gasteiger partial charge in [0.05, 0.1) is 0 Å². The summed E-state index contributed by atoms with van der Waals surface area (Å²) in [5.74, 6) is 0.304. The van der Waals surface area contributed by atoms with Gasteiger partial charge in [0.2, 0.25) is 5.91 Å². The van der Waals surface area contributed by atoms with Gasteiger partial charge in [0.15, 0.2) is 0 Å². The van der Waals surface area contributed by atoms with Crippen molar-refractivity contribution in [1.82, 2.24) is 4.98 Å². The molecule has 0 bridgehead atoms. The number of anilines is 2. The maximum atomic E-state index is 12.2. The van der Waals surface area contributed by atoms with Crippen LogP contribution in [0.25, 0.3) is 0 Å². The zero-order valence-electron chi connectivity index (χ0n) is 16.0. The van der Waals surface area contributed by atoms with Gasteiger partial charge in [-0.3, -0.25) is 9.59 Å². The van der Waals surface area contributed by atoms with Crippen molar-refractivity contribution in [3.8, 4) is 0 Å². The topological polar surface area (TPSA) is 71.1 Å². The summed E-state index contributed by atoms with van der Waals surface area (Å²) in [6.07, 6.45) is 10.5. The minimum atomic E-state index is -0.227. The molecule has 0 aliphatic carbocycles. The van der Waals surface area contributed by atoms with Crippen molar-refractivity contribution in [2.45, 2.75) is 58.3 Å². The number of carbonyl (C=O) groups is 2. The Balaban J connectivity index is 1.70. The van der Waals surface area contributed by atoms with E-state index < -0.39 is 0 Å². The number of carbonyl (C=O) groups excluding carboxylic acids is 2. The van der Waals surface area contributed by atoms with E-state index in [9.17, 15) is 9.59 Å². The van der Waals surface area contributed by atoms with Crippen LogP contribution in [0.2, 0.25) is 0 Å². The lowest BCUT2D eigenvalue weighted by molar-refractivity contribution is -0.116. The minimum Gasteiger partial charge on any atom is -0.326 e. The minimum absolute atomic E-state index is 0.0224. The first-order valence-corrected chi connectivity index (χ1v) is 9.81. The van der Waals surface area contributed by atoms with Gasteiger partial charge in [-0.25, -0.2) is 4.98 Å². The predicted octanol–water partition coefficient (Wildman–Crippen LogP) is 5.41. The first kappa shape index (κ1) is 20.6. The third-order valence-corrected chi connectivity index (χ3v) is 4.34. The van der Waals surface area contributed by atoms with Gasteiger partial charge in [0.1, 0.15) is 5.82 Å². The van der Waals surface area contributed by atoms with Crippen LogP contribution in [0.4, 0.5) is 11.5 Å². The molecule has 5 heteroatoms. The molecule has 27 heavy (non-hydrogen) atoms. The first-order valence-electron chi connectivity index (χ1n) is 9.81. The molecule has 0 atom stereocenters. The normalized spacial score (nSPS) is 10.4. The first-order chi connectivity index (χ1) is 13.2. The summed E-state index contributed by atoms with van der Waals surface area (Å²) in [7, 11) is 0. The van der Waals surface area contributed by atoms with Gasteiger partial charge in [-0.05, 0) is 42.8 Å². The lowest BCUT2D eigenvalue weighted by Gasteiger charge is -2.07. The number of hydrogen-bond donors (Lipinski definition) is 2. The lowest BCUT2D eigenvalue weighted by atomic mass is 10.1. The van der Waals surface area contributed by atoms with Crippen LogP contribution in [0, 0.1) is 0 Å². The van der Waals surface area contributed by atoms with E-state index in [0.717, 1.165) is 12.8 Å². The van der Waals surface area contributed by atoms with Crippen LogP contribution >= 0.6 is 0 Å². The lowest BCUT2D eigenvalue weighted by Crippen LogP contribution is -2.14. The summed E-state index contributed by atoms with van der Waals surface area (Å²) in [4.78, 5) is 28.3. The van der Waals surface area contributed by atoms with Gasteiger partial charge in [-0.15, -0.1) is 0 Å². The summed E-state index contributed by atoms with van der Waals surface area (Å²) < 4.78 is 0. The maximum Gasteiger partial charge on any atom is 0.256 e. The third-order valence-electron chi connectivity index (χ3n) is 4.34. The number of amides is 2. The molecule has 0 aliphatic heterocycles. The molecule has 0 saturated heterocycles. The van der Waals surface area contributed by atoms with Gasteiger partial charge < -0.3 is 10.6 Å². The molecule has 2 rings (SSSR count). The highest BCUT2D eigenvalue weighted by molar-refractivity contribution is 6.04. The fourth-order valence-electron chi connectivity index (χ4n) is 2.80. The highest BCUT2D eigenvalue weighted by atomic mass is 16.2. The maximum absolute atomic E-state index is 12.2. The van der Waals surface area contributed by atoms with Crippen LogP contribution in [0.5, 0.6) is 0 Å². The van der Waals surface area contributed by atoms with Crippen molar-refractivity contribution in [1.29, 1.82) is 0 Å². The highest BCUT2D eigenvalue weighted by Crippen LogP contribution is 2.13. The van der Waals surface area contributed by atoms with E-state index in [1.54, 1.807) is 42.6 Å². The zero-order chi connectivity index (χ0) is 19.3. The number of rotatable bonds is 11. The van der Waals surface area contributed by atoms with Crippen molar-refractivity contribution in [2.24, 2.45) is 0 Å². The molecule has 5 nitrogen and oxygen atoms in total. The van der Waals surface area contributed by atoms with Gasteiger partial charge >= 0.3 is 0 Å². The molecule has 0 radical (unpaired) electrons. The standard InChI is InChI=1S/C22H29N3O2/c1-2-3-4-5-6-7-8-12-21(26)24-19-15-13-18(14-16-19)22(27)25-20-11-9-10-17-23-20/h9-11,13-17H,2-8,12H2,1H3,(H,24,26)(H,23,25,27). The molecular weight excluding hydrogens is 338 g/mol. The Morgan fingerprint density at radius 3 is 2.22 bits per heavy atom. The molecule has 1 aromatic carbocycles. The van der Waals surface area contributed by atoms with Crippen molar-refractivity contribution in [3.63, 3.8) is 0 Å². The second-order valence-electron chi connectivity index (χ2n) is 6.67. The Hall–Kier alpha value is -2.69. The molecule has 1 aromatic heterocycles. The predicted molar refractivity (Wildman–Crippen MR) is 110 cm³/mol. The van der Waals surface area contributed by atoms with Crippen molar-refractivity contribution >= 4 is 23.3 Å². The number of hydrogen-bond acceptors (Lipinski definition) is 3. The quantitative estimate of drug-likeness (QED) is 0.521. The van der Waals surface area contributed by atoms with E-state index >= 15 is 0 Å². The molecular formula is C22H29N3O2. The van der Waals surface area contributed by atoms with E-state index in [1.807, 2.05) is 6.07 Å². The largest absolute Gasteiger partial charge is 0.326 e. The van der Waals surface area contributed by atoms with E-state index in [4.69, 9.17) is 0 Å². The summed E-state index contributed by atoms with van der Waals surface area (Å²) >= 11 is 0. The summed E-state index contributed by atoms with van der Waals surface area (Å²) in [5, 5.41) is 5.62. The molecule has 0 aliphatic rings. The van der Waals surface area contributed by atoms with Crippen LogP contribution in [0.3, 0.4) is 0 Å². The van der Waals surface area contributed by atoms with E-state index in [-0.39, 0.29) is 11.8 Å². The van der Waals surface area contributed by atoms with Crippen molar-refractivity contribution in [3.05, 3.63) is 54.2 Å². The fourth-order valence-corrected chi connectivity index (χ4v) is 2.80. The average molecular weight is 367 g/mol. The second kappa shape index (κ2) is 11.8. The van der Waals surface area contributed by atoms with Gasteiger partial charge in [0, 0.05) is 23.9 Å². The molecule has 1 heterocycles. The Bertz CT molecular complexity index is 699. The van der Waals surface area contributed by atoms with Gasteiger partial charge in [-0.1, -0.05) is 51.5 Å². The van der Waals surface area contributed by atoms with Crippen LogP contribution in [0.1, 0.15) is 68.6 Å². The van der Waals surface area contributed by atoms with Crippen LogP contribution in [-0.2, 0) is 4.79 Å². The van der Waals surface area contributed by atoms with Gasteiger partial charge in [-0.2, -0.15) is 0 Å². The molecule has 2 N–H and O–H groups in total. The summed E-state index contributed by atoms with van der Waals surface area (Å²) in [5.41, 5.74) is 1.23. The van der Waals surface area contributed by atoms with Crippen molar-refractivity contribution in [2.75, 3.05) is 10.6 Å².